The molecule has 38 heavy (non-hydrogen) atoms. The van der Waals surface area contributed by atoms with E-state index in [-0.39, 0.29) is 5.56 Å². The zero-order chi connectivity index (χ0) is 26.2. The molecule has 0 N–H and O–H groups in total. The highest BCUT2D eigenvalue weighted by Crippen LogP contribution is 2.25. The van der Waals surface area contributed by atoms with Crippen LogP contribution in [0.25, 0.3) is 39.4 Å². The molecule has 0 aliphatic rings. The summed E-state index contributed by atoms with van der Waals surface area (Å²) in [6.07, 6.45) is 3.77. The zero-order valence-corrected chi connectivity index (χ0v) is 21.3. The first-order chi connectivity index (χ1) is 18.4. The van der Waals surface area contributed by atoms with Crippen LogP contribution in [0.1, 0.15) is 18.1 Å². The summed E-state index contributed by atoms with van der Waals surface area (Å²) >= 11 is 1.27. The quantitative estimate of drug-likeness (QED) is 0.247. The summed E-state index contributed by atoms with van der Waals surface area (Å²) in [6.45, 7) is 3.39. The summed E-state index contributed by atoms with van der Waals surface area (Å²) < 4.78 is 8.72. The van der Waals surface area contributed by atoms with Crippen molar-refractivity contribution >= 4 is 28.3 Å². The second-order valence-corrected chi connectivity index (χ2v) is 9.75. The first kappa shape index (κ1) is 23.5. The van der Waals surface area contributed by atoms with Crippen LogP contribution in [0.5, 0.6) is 5.75 Å². The minimum atomic E-state index is -0.391. The Kier molecular flexibility index (Phi) is 5.89. The lowest BCUT2D eigenvalue weighted by Crippen LogP contribution is -2.23. The SMILES string of the molecule is CC(=O)Oc1ccc(-c2nc3s/c(=C/c4cn(-c5ccccc5)nc4-c4ccc(C)cc4)c(=O)n3n2)cc1. The summed E-state index contributed by atoms with van der Waals surface area (Å²) in [6, 6.07) is 24.8. The second kappa shape index (κ2) is 9.53. The van der Waals surface area contributed by atoms with E-state index in [0.29, 0.717) is 26.6 Å². The van der Waals surface area contributed by atoms with Crippen molar-refractivity contribution in [2.45, 2.75) is 13.8 Å². The number of carbonyl (C=O) groups is 1. The molecule has 8 nitrogen and oxygen atoms in total. The van der Waals surface area contributed by atoms with Crippen molar-refractivity contribution in [3.63, 3.8) is 0 Å². The molecule has 0 amide bonds. The number of aromatic nitrogens is 5. The van der Waals surface area contributed by atoms with E-state index < -0.39 is 5.97 Å². The molecule has 186 valence electrons. The topological polar surface area (TPSA) is 91.4 Å². The van der Waals surface area contributed by atoms with Gasteiger partial charge >= 0.3 is 5.97 Å². The highest BCUT2D eigenvalue weighted by Gasteiger charge is 2.15. The van der Waals surface area contributed by atoms with Crippen molar-refractivity contribution in [3.8, 4) is 34.1 Å². The molecule has 9 heteroatoms. The Morgan fingerprint density at radius 2 is 1.63 bits per heavy atom. The minimum Gasteiger partial charge on any atom is -0.427 e. The molecule has 0 bridgehead atoms. The van der Waals surface area contributed by atoms with Crippen molar-refractivity contribution in [3.05, 3.63) is 111 Å². The number of hydrogen-bond donors (Lipinski definition) is 0. The lowest BCUT2D eigenvalue weighted by atomic mass is 10.1. The van der Waals surface area contributed by atoms with Gasteiger partial charge in [0.05, 0.1) is 15.9 Å². The summed E-state index contributed by atoms with van der Waals surface area (Å²) in [5.74, 6) is 0.466. The Bertz CT molecular complexity index is 1890. The molecule has 0 fully saturated rings. The van der Waals surface area contributed by atoms with Crippen LogP contribution < -0.4 is 14.8 Å². The van der Waals surface area contributed by atoms with E-state index in [0.717, 1.165) is 28.1 Å². The highest BCUT2D eigenvalue weighted by molar-refractivity contribution is 7.15. The number of fused-ring (bicyclic) bond motifs is 1. The summed E-state index contributed by atoms with van der Waals surface area (Å²) in [4.78, 5) is 29.5. The fourth-order valence-corrected chi connectivity index (χ4v) is 4.98. The van der Waals surface area contributed by atoms with E-state index in [1.807, 2.05) is 78.5 Å². The third-order valence-corrected chi connectivity index (χ3v) is 6.89. The van der Waals surface area contributed by atoms with Crippen LogP contribution in [-0.2, 0) is 4.79 Å². The molecular weight excluding hydrogens is 498 g/mol. The molecule has 3 heterocycles. The van der Waals surface area contributed by atoms with Crippen molar-refractivity contribution in [2.75, 3.05) is 0 Å². The summed E-state index contributed by atoms with van der Waals surface area (Å²) in [7, 11) is 0. The first-order valence-electron chi connectivity index (χ1n) is 11.9. The molecule has 6 rings (SSSR count). The standard InChI is InChI=1S/C29H21N5O3S/c1-18-8-10-20(11-9-18)26-22(17-33(31-26)23-6-4-3-5-7-23)16-25-28(36)34-29(38-25)30-27(32-34)21-12-14-24(15-13-21)37-19(2)35/h3-17H,1-2H3/b25-16+. The molecule has 0 saturated heterocycles. The molecule has 0 saturated carbocycles. The summed E-state index contributed by atoms with van der Waals surface area (Å²) in [5, 5.41) is 9.28. The zero-order valence-electron chi connectivity index (χ0n) is 20.5. The van der Waals surface area contributed by atoms with E-state index in [2.05, 4.69) is 10.1 Å². The molecule has 3 aromatic heterocycles. The predicted molar refractivity (Wildman–Crippen MR) is 146 cm³/mol. The Labute approximate surface area is 221 Å². The molecule has 0 unspecified atom stereocenters. The third-order valence-electron chi connectivity index (χ3n) is 5.93. The molecule has 6 aromatic rings. The van der Waals surface area contributed by atoms with Gasteiger partial charge in [0, 0.05) is 29.8 Å². The van der Waals surface area contributed by atoms with Gasteiger partial charge in [-0.05, 0) is 49.4 Å². The predicted octanol–water partition coefficient (Wildman–Crippen LogP) is 4.45. The van der Waals surface area contributed by atoms with E-state index in [1.54, 1.807) is 24.3 Å². The van der Waals surface area contributed by atoms with Gasteiger partial charge in [-0.3, -0.25) is 9.59 Å². The molecule has 0 spiro atoms. The maximum atomic E-state index is 13.3. The smallest absolute Gasteiger partial charge is 0.308 e. The Morgan fingerprint density at radius 1 is 0.921 bits per heavy atom. The van der Waals surface area contributed by atoms with Gasteiger partial charge in [0.1, 0.15) is 5.75 Å². The normalized spacial score (nSPS) is 11.8. The van der Waals surface area contributed by atoms with Crippen LogP contribution >= 0.6 is 11.3 Å². The number of thiazole rings is 1. The number of benzene rings is 3. The van der Waals surface area contributed by atoms with Crippen molar-refractivity contribution in [1.82, 2.24) is 24.4 Å². The minimum absolute atomic E-state index is 0.248. The molecular formula is C29H21N5O3S. The number of para-hydroxylation sites is 1. The van der Waals surface area contributed by atoms with Gasteiger partial charge < -0.3 is 4.74 Å². The van der Waals surface area contributed by atoms with Gasteiger partial charge in [0.15, 0.2) is 5.82 Å². The van der Waals surface area contributed by atoms with Crippen LogP contribution in [0.2, 0.25) is 0 Å². The Balaban J connectivity index is 1.41. The molecule has 0 aliphatic carbocycles. The van der Waals surface area contributed by atoms with Crippen molar-refractivity contribution in [1.29, 1.82) is 0 Å². The average Bonchev–Trinajstić information content (AvgIpc) is 3.60. The number of esters is 1. The molecule has 0 radical (unpaired) electrons. The van der Waals surface area contributed by atoms with Crippen LogP contribution in [-0.4, -0.2) is 30.3 Å². The fraction of sp³-hybridized carbons (Fsp3) is 0.0690. The Hall–Kier alpha value is -4.89. The maximum absolute atomic E-state index is 13.3. The maximum Gasteiger partial charge on any atom is 0.308 e. The number of rotatable bonds is 5. The van der Waals surface area contributed by atoms with Crippen LogP contribution in [0.15, 0.2) is 89.9 Å². The van der Waals surface area contributed by atoms with Crippen molar-refractivity contribution < 1.29 is 9.53 Å². The largest absolute Gasteiger partial charge is 0.427 e. The van der Waals surface area contributed by atoms with Gasteiger partial charge in [0.25, 0.3) is 5.56 Å². The van der Waals surface area contributed by atoms with Gasteiger partial charge in [-0.2, -0.15) is 14.6 Å². The van der Waals surface area contributed by atoms with E-state index in [4.69, 9.17) is 9.84 Å². The van der Waals surface area contributed by atoms with Gasteiger partial charge in [-0.25, -0.2) is 4.68 Å². The van der Waals surface area contributed by atoms with E-state index >= 15 is 0 Å². The number of aryl methyl sites for hydroxylation is 1. The highest BCUT2D eigenvalue weighted by atomic mass is 32.1. The average molecular weight is 520 g/mol. The number of nitrogens with zero attached hydrogens (tertiary/aromatic N) is 5. The van der Waals surface area contributed by atoms with E-state index in [1.165, 1.54) is 22.8 Å². The molecule has 0 aliphatic heterocycles. The lowest BCUT2D eigenvalue weighted by molar-refractivity contribution is -0.131. The third kappa shape index (κ3) is 4.51. The van der Waals surface area contributed by atoms with Crippen LogP contribution in [0, 0.1) is 6.92 Å². The monoisotopic (exact) mass is 519 g/mol. The Morgan fingerprint density at radius 3 is 2.32 bits per heavy atom. The summed E-state index contributed by atoms with van der Waals surface area (Å²) in [5.41, 5.74) is 5.11. The van der Waals surface area contributed by atoms with Gasteiger partial charge in [0.2, 0.25) is 4.96 Å². The second-order valence-electron chi connectivity index (χ2n) is 8.74. The number of carbonyl (C=O) groups excluding carboxylic acids is 1. The fourth-order valence-electron chi connectivity index (χ4n) is 4.08. The molecule has 3 aromatic carbocycles. The van der Waals surface area contributed by atoms with Gasteiger partial charge in [-0.1, -0.05) is 59.4 Å². The van der Waals surface area contributed by atoms with E-state index in [9.17, 15) is 9.59 Å². The lowest BCUT2D eigenvalue weighted by Gasteiger charge is -2.01. The number of ether oxygens (including phenoxy) is 1. The first-order valence-corrected chi connectivity index (χ1v) is 12.7. The van der Waals surface area contributed by atoms with Crippen LogP contribution in [0.3, 0.4) is 0 Å². The number of hydrogen-bond acceptors (Lipinski definition) is 7. The molecule has 0 atom stereocenters. The van der Waals surface area contributed by atoms with Crippen molar-refractivity contribution in [2.24, 2.45) is 0 Å². The van der Waals surface area contributed by atoms with Crippen LogP contribution in [0.4, 0.5) is 0 Å². The van der Waals surface area contributed by atoms with Gasteiger partial charge in [-0.15, -0.1) is 5.10 Å².